The minimum atomic E-state index is -0.135. The first kappa shape index (κ1) is 12.8. The number of aromatic nitrogens is 1. The van der Waals surface area contributed by atoms with Gasteiger partial charge in [-0.05, 0) is 12.1 Å². The molecule has 0 bridgehead atoms. The van der Waals surface area contributed by atoms with Crippen LogP contribution in [0.1, 0.15) is 10.4 Å². The van der Waals surface area contributed by atoms with Crippen molar-refractivity contribution in [1.29, 1.82) is 5.26 Å². The Morgan fingerprint density at radius 1 is 1.50 bits per heavy atom. The van der Waals surface area contributed by atoms with E-state index in [9.17, 15) is 0 Å². The van der Waals surface area contributed by atoms with Crippen molar-refractivity contribution in [3.63, 3.8) is 0 Å². The summed E-state index contributed by atoms with van der Waals surface area (Å²) in [4.78, 5) is 6.58. The first-order chi connectivity index (χ1) is 8.67. The molecule has 0 radical (unpaired) electrons. The summed E-state index contributed by atoms with van der Waals surface area (Å²) in [6, 6.07) is 9.38. The number of hydrogen-bond acceptors (Lipinski definition) is 5. The van der Waals surface area contributed by atoms with Crippen LogP contribution in [0.3, 0.4) is 0 Å². The van der Waals surface area contributed by atoms with Crippen molar-refractivity contribution < 1.29 is 5.11 Å². The van der Waals surface area contributed by atoms with E-state index in [1.807, 2.05) is 25.2 Å². The molecule has 2 rings (SSSR count). The largest absolute Gasteiger partial charge is 0.391 e. The fourth-order valence-electron chi connectivity index (χ4n) is 1.53. The zero-order valence-electron chi connectivity index (χ0n) is 9.59. The number of aliphatic hydroxyl groups is 1. The second-order valence-corrected chi connectivity index (χ2v) is 4.98. The Hall–Kier alpha value is -1.61. The maximum atomic E-state index is 9.10. The predicted molar refractivity (Wildman–Crippen MR) is 72.3 cm³/mol. The van der Waals surface area contributed by atoms with Crippen molar-refractivity contribution >= 4 is 33.8 Å². The van der Waals surface area contributed by atoms with Crippen molar-refractivity contribution in [3.8, 4) is 6.07 Å². The van der Waals surface area contributed by atoms with Gasteiger partial charge in [0, 0.05) is 7.05 Å². The number of aliphatic hydroxyl groups excluding tert-OH is 1. The lowest BCUT2D eigenvalue weighted by Gasteiger charge is -2.16. The van der Waals surface area contributed by atoms with Gasteiger partial charge < -0.3 is 10.0 Å². The fraction of sp³-hybridized carbons (Fsp3) is 0.167. The average molecular weight is 280 g/mol. The molecule has 0 spiro atoms. The number of para-hydroxylation sites is 1. The van der Waals surface area contributed by atoms with Crippen molar-refractivity contribution in [2.75, 3.05) is 11.9 Å². The van der Waals surface area contributed by atoms with Gasteiger partial charge in [0.15, 0.2) is 5.13 Å². The molecule has 92 valence electrons. The van der Waals surface area contributed by atoms with Gasteiger partial charge in [0.25, 0.3) is 0 Å². The topological polar surface area (TPSA) is 60.1 Å². The zero-order valence-corrected chi connectivity index (χ0v) is 11.2. The third-order valence-corrected chi connectivity index (χ3v) is 4.00. The third-order valence-electron chi connectivity index (χ3n) is 2.45. The average Bonchev–Trinajstić information content (AvgIpc) is 2.79. The van der Waals surface area contributed by atoms with Crippen LogP contribution in [0.2, 0.25) is 5.15 Å². The molecule has 0 amide bonds. The molecule has 0 fully saturated rings. The first-order valence-electron chi connectivity index (χ1n) is 5.16. The summed E-state index contributed by atoms with van der Waals surface area (Å²) in [6.07, 6.45) is 0. The molecule has 0 saturated heterocycles. The molecule has 1 N–H and O–H groups in total. The van der Waals surface area contributed by atoms with E-state index in [2.05, 4.69) is 11.1 Å². The van der Waals surface area contributed by atoms with Crippen LogP contribution in [-0.4, -0.2) is 17.1 Å². The SMILES string of the molecule is CN(c1nc(Cl)c(CO)s1)c1ccccc1C#N. The van der Waals surface area contributed by atoms with Crippen LogP contribution < -0.4 is 4.90 Å². The molecule has 2 aromatic rings. The molecule has 0 aliphatic rings. The Bertz CT molecular complexity index is 606. The second kappa shape index (κ2) is 5.36. The van der Waals surface area contributed by atoms with E-state index in [0.29, 0.717) is 20.7 Å². The molecular weight excluding hydrogens is 270 g/mol. The molecular formula is C12H10ClN3OS. The molecule has 0 aliphatic heterocycles. The minimum absolute atomic E-state index is 0.135. The Labute approximate surface area is 114 Å². The van der Waals surface area contributed by atoms with Crippen LogP contribution in [0.4, 0.5) is 10.8 Å². The van der Waals surface area contributed by atoms with Gasteiger partial charge in [-0.25, -0.2) is 4.98 Å². The summed E-state index contributed by atoms with van der Waals surface area (Å²) < 4.78 is 0. The van der Waals surface area contributed by atoms with E-state index in [-0.39, 0.29) is 6.61 Å². The maximum Gasteiger partial charge on any atom is 0.191 e. The molecule has 1 aromatic heterocycles. The summed E-state index contributed by atoms with van der Waals surface area (Å²) in [6.45, 7) is -0.135. The smallest absolute Gasteiger partial charge is 0.191 e. The molecule has 0 unspecified atom stereocenters. The highest BCUT2D eigenvalue weighted by Gasteiger charge is 2.15. The Balaban J connectivity index is 2.41. The summed E-state index contributed by atoms with van der Waals surface area (Å²) in [7, 11) is 1.81. The number of halogens is 1. The van der Waals surface area contributed by atoms with E-state index in [0.717, 1.165) is 5.69 Å². The molecule has 0 atom stereocenters. The van der Waals surface area contributed by atoms with E-state index in [1.54, 1.807) is 11.0 Å². The van der Waals surface area contributed by atoms with Gasteiger partial charge in [0.05, 0.1) is 22.7 Å². The monoisotopic (exact) mass is 279 g/mol. The number of anilines is 2. The number of nitrogens with zero attached hydrogens (tertiary/aromatic N) is 3. The lowest BCUT2D eigenvalue weighted by Crippen LogP contribution is -2.10. The van der Waals surface area contributed by atoms with Crippen LogP contribution in [0, 0.1) is 11.3 Å². The summed E-state index contributed by atoms with van der Waals surface area (Å²) in [5.74, 6) is 0. The van der Waals surface area contributed by atoms with Crippen molar-refractivity contribution in [3.05, 3.63) is 39.9 Å². The zero-order chi connectivity index (χ0) is 13.1. The number of rotatable bonds is 3. The van der Waals surface area contributed by atoms with Gasteiger partial charge in [-0.2, -0.15) is 5.26 Å². The van der Waals surface area contributed by atoms with Crippen molar-refractivity contribution in [2.45, 2.75) is 6.61 Å². The van der Waals surface area contributed by atoms with E-state index in [4.69, 9.17) is 22.0 Å². The highest BCUT2D eigenvalue weighted by Crippen LogP contribution is 2.33. The van der Waals surface area contributed by atoms with Gasteiger partial charge in [0.2, 0.25) is 0 Å². The number of nitriles is 1. The lowest BCUT2D eigenvalue weighted by atomic mass is 10.2. The van der Waals surface area contributed by atoms with Crippen molar-refractivity contribution in [2.24, 2.45) is 0 Å². The molecule has 4 nitrogen and oxygen atoms in total. The van der Waals surface area contributed by atoms with Gasteiger partial charge in [-0.3, -0.25) is 0 Å². The lowest BCUT2D eigenvalue weighted by molar-refractivity contribution is 0.285. The normalized spacial score (nSPS) is 10.1. The standard InChI is InChI=1S/C12H10ClN3OS/c1-16(9-5-3-2-4-8(9)6-14)12-15-11(13)10(7-17)18-12/h2-5,17H,7H2,1H3. The summed E-state index contributed by atoms with van der Waals surface area (Å²) in [5.41, 5.74) is 1.33. The molecule has 1 heterocycles. The number of thiazole rings is 1. The highest BCUT2D eigenvalue weighted by molar-refractivity contribution is 7.16. The molecule has 18 heavy (non-hydrogen) atoms. The minimum Gasteiger partial charge on any atom is -0.391 e. The Kier molecular flexibility index (Phi) is 3.82. The highest BCUT2D eigenvalue weighted by atomic mass is 35.5. The van der Waals surface area contributed by atoms with Crippen LogP contribution in [0.5, 0.6) is 0 Å². The van der Waals surface area contributed by atoms with Gasteiger partial charge >= 0.3 is 0 Å². The predicted octanol–water partition coefficient (Wildman–Crippen LogP) is 2.93. The Morgan fingerprint density at radius 3 is 2.83 bits per heavy atom. The van der Waals surface area contributed by atoms with Crippen LogP contribution in [0.15, 0.2) is 24.3 Å². The first-order valence-corrected chi connectivity index (χ1v) is 6.35. The molecule has 0 aliphatic carbocycles. The summed E-state index contributed by atoms with van der Waals surface area (Å²) >= 11 is 7.20. The second-order valence-electron chi connectivity index (χ2n) is 3.56. The third kappa shape index (κ3) is 2.31. The van der Waals surface area contributed by atoms with Gasteiger partial charge in [-0.15, -0.1) is 0 Å². The van der Waals surface area contributed by atoms with E-state index >= 15 is 0 Å². The molecule has 6 heteroatoms. The summed E-state index contributed by atoms with van der Waals surface area (Å²) in [5, 5.41) is 19.1. The van der Waals surface area contributed by atoms with E-state index in [1.165, 1.54) is 11.3 Å². The van der Waals surface area contributed by atoms with Crippen LogP contribution >= 0.6 is 22.9 Å². The van der Waals surface area contributed by atoms with Crippen molar-refractivity contribution in [1.82, 2.24) is 4.98 Å². The fourth-order valence-corrected chi connectivity index (χ4v) is 2.62. The quantitative estimate of drug-likeness (QED) is 0.938. The van der Waals surface area contributed by atoms with Gasteiger partial charge in [0.1, 0.15) is 11.2 Å². The maximum absolute atomic E-state index is 9.10. The van der Waals surface area contributed by atoms with Crippen LogP contribution in [-0.2, 0) is 6.61 Å². The van der Waals surface area contributed by atoms with E-state index < -0.39 is 0 Å². The number of benzene rings is 1. The van der Waals surface area contributed by atoms with Crippen LogP contribution in [0.25, 0.3) is 0 Å². The Morgan fingerprint density at radius 2 is 2.22 bits per heavy atom. The molecule has 0 saturated carbocycles. The molecule has 1 aromatic carbocycles. The van der Waals surface area contributed by atoms with Gasteiger partial charge in [-0.1, -0.05) is 35.1 Å². The number of hydrogen-bond donors (Lipinski definition) is 1.